The molecule has 0 saturated carbocycles. The van der Waals surface area contributed by atoms with E-state index in [2.05, 4.69) is 0 Å². The Morgan fingerprint density at radius 3 is 2.11 bits per heavy atom. The molecule has 0 aliphatic heterocycles. The average Bonchev–Trinajstić information content (AvgIpc) is 1.77. The van der Waals surface area contributed by atoms with Gasteiger partial charge in [-0.3, -0.25) is 0 Å². The van der Waals surface area contributed by atoms with E-state index in [0.717, 1.165) is 5.56 Å². The van der Waals surface area contributed by atoms with Crippen molar-refractivity contribution in [1.29, 1.82) is 0 Å². The van der Waals surface area contributed by atoms with Gasteiger partial charge in [-0.25, -0.2) is 0 Å². The minimum atomic E-state index is 0. The topological polar surface area (TPSA) is 23.1 Å². The van der Waals surface area contributed by atoms with E-state index < -0.39 is 0 Å². The molecule has 42 valence electrons. The van der Waals surface area contributed by atoms with E-state index in [4.69, 9.17) is 0 Å². The molecule has 9 heavy (non-hydrogen) atoms. The van der Waals surface area contributed by atoms with Crippen molar-refractivity contribution in [2.45, 2.75) is 6.92 Å². The van der Waals surface area contributed by atoms with Crippen LogP contribution in [0.2, 0.25) is 0 Å². The van der Waals surface area contributed by atoms with Crippen molar-refractivity contribution in [3.05, 3.63) is 29.8 Å². The summed E-state index contributed by atoms with van der Waals surface area (Å²) in [7, 11) is 0. The molecule has 0 aromatic heterocycles. The van der Waals surface area contributed by atoms with Crippen molar-refractivity contribution in [1.82, 2.24) is 0 Å². The van der Waals surface area contributed by atoms with Gasteiger partial charge in [-0.05, 0) is 6.92 Å². The first-order chi connectivity index (χ1) is 3.80. The summed E-state index contributed by atoms with van der Waals surface area (Å²) in [5, 5.41) is 10.6. The van der Waals surface area contributed by atoms with Gasteiger partial charge < -0.3 is 5.11 Å². The molecule has 0 unspecified atom stereocenters. The Morgan fingerprint density at radius 1 is 1.22 bits per heavy atom. The van der Waals surface area contributed by atoms with Crippen molar-refractivity contribution in [2.75, 3.05) is 0 Å². The molecule has 0 atom stereocenters. The van der Waals surface area contributed by atoms with E-state index in [-0.39, 0.29) is 74.6 Å². The molecule has 1 nitrogen and oxygen atoms in total. The summed E-state index contributed by atoms with van der Waals surface area (Å²) in [6.07, 6.45) is 0. The SMILES string of the molecule is Cc1ccccc1[O-].[Cs+]. The Hall–Kier alpha value is 1.07. The average molecular weight is 240 g/mol. The Labute approximate surface area is 114 Å². The summed E-state index contributed by atoms with van der Waals surface area (Å²) in [5.74, 6) is 0.118. The van der Waals surface area contributed by atoms with Crippen molar-refractivity contribution >= 4 is 0 Å². The normalized spacial score (nSPS) is 8.11. The summed E-state index contributed by atoms with van der Waals surface area (Å²) >= 11 is 0. The van der Waals surface area contributed by atoms with E-state index >= 15 is 0 Å². The van der Waals surface area contributed by atoms with Gasteiger partial charge in [0, 0.05) is 0 Å². The Balaban J connectivity index is 0.000000640. The van der Waals surface area contributed by atoms with Crippen LogP contribution >= 0.6 is 0 Å². The fraction of sp³-hybridized carbons (Fsp3) is 0.143. The number of aryl methyl sites for hydroxylation is 1. The van der Waals surface area contributed by atoms with Crippen LogP contribution in [-0.2, 0) is 0 Å². The fourth-order valence-corrected chi connectivity index (χ4v) is 0.556. The molecule has 1 rings (SSSR count). The third-order valence-electron chi connectivity index (χ3n) is 1.09. The van der Waals surface area contributed by atoms with E-state index in [1.807, 2.05) is 19.1 Å². The monoisotopic (exact) mass is 240 g/mol. The van der Waals surface area contributed by atoms with Crippen LogP contribution in [0.25, 0.3) is 0 Å². The molecule has 2 heteroatoms. The molecule has 0 saturated heterocycles. The number of hydrogen-bond donors (Lipinski definition) is 0. The quantitative estimate of drug-likeness (QED) is 0.518. The number of rotatable bonds is 0. The molecule has 0 fully saturated rings. The second kappa shape index (κ2) is 4.82. The standard InChI is InChI=1S/C7H8O.Cs/c1-6-4-2-3-5-7(6)8;/h2-5,8H,1H3;/q;+1/p-1. The molecule has 1 aromatic carbocycles. The van der Waals surface area contributed by atoms with Crippen LogP contribution in [0.1, 0.15) is 5.56 Å². The van der Waals surface area contributed by atoms with Gasteiger partial charge in [0.2, 0.25) is 0 Å². The van der Waals surface area contributed by atoms with Crippen molar-refractivity contribution in [3.63, 3.8) is 0 Å². The van der Waals surface area contributed by atoms with E-state index in [1.165, 1.54) is 0 Å². The molecular formula is C7H7CsO. The molecule has 0 aliphatic carbocycles. The van der Waals surface area contributed by atoms with Gasteiger partial charge in [-0.15, -0.1) is 5.75 Å². The smallest absolute Gasteiger partial charge is 0.872 e. The third kappa shape index (κ3) is 3.11. The third-order valence-corrected chi connectivity index (χ3v) is 1.09. The predicted molar refractivity (Wildman–Crippen MR) is 30.6 cm³/mol. The summed E-state index contributed by atoms with van der Waals surface area (Å²) in [6.45, 7) is 1.81. The zero-order valence-electron chi connectivity index (χ0n) is 5.72. The molecule has 0 bridgehead atoms. The maximum Gasteiger partial charge on any atom is 1.00 e. The Morgan fingerprint density at radius 2 is 1.78 bits per heavy atom. The second-order valence-electron chi connectivity index (χ2n) is 1.77. The summed E-state index contributed by atoms with van der Waals surface area (Å²) in [5.41, 5.74) is 0.813. The molecule has 0 spiro atoms. The fourth-order valence-electron chi connectivity index (χ4n) is 0.556. The largest absolute Gasteiger partial charge is 1.00 e. The second-order valence-corrected chi connectivity index (χ2v) is 1.77. The molecule has 0 aliphatic rings. The zero-order valence-corrected chi connectivity index (χ0v) is 12.0. The van der Waals surface area contributed by atoms with Crippen LogP contribution in [0.5, 0.6) is 5.75 Å². The van der Waals surface area contributed by atoms with Gasteiger partial charge in [0.15, 0.2) is 0 Å². The predicted octanol–water partition coefficient (Wildman–Crippen LogP) is -1.93. The van der Waals surface area contributed by atoms with Crippen LogP contribution < -0.4 is 74.0 Å². The van der Waals surface area contributed by atoms with Crippen LogP contribution in [0.3, 0.4) is 0 Å². The number of benzene rings is 1. The van der Waals surface area contributed by atoms with Crippen LogP contribution in [-0.4, -0.2) is 0 Å². The van der Waals surface area contributed by atoms with Crippen molar-refractivity contribution < 1.29 is 74.0 Å². The van der Waals surface area contributed by atoms with Crippen LogP contribution in [0, 0.1) is 6.92 Å². The minimum absolute atomic E-state index is 0. The van der Waals surface area contributed by atoms with Gasteiger partial charge in [0.1, 0.15) is 0 Å². The molecule has 0 N–H and O–H groups in total. The molecule has 0 amide bonds. The van der Waals surface area contributed by atoms with E-state index in [9.17, 15) is 5.11 Å². The molecule has 1 aromatic rings. The Bertz CT molecular complexity index is 165. The van der Waals surface area contributed by atoms with Crippen LogP contribution in [0.4, 0.5) is 0 Å². The van der Waals surface area contributed by atoms with Gasteiger partial charge in [-0.1, -0.05) is 29.8 Å². The zero-order chi connectivity index (χ0) is 5.98. The van der Waals surface area contributed by atoms with Gasteiger partial charge in [-0.2, -0.15) is 0 Å². The first kappa shape index (κ1) is 10.1. The first-order valence-electron chi connectivity index (χ1n) is 2.53. The van der Waals surface area contributed by atoms with Crippen molar-refractivity contribution in [3.8, 4) is 5.75 Å². The maximum absolute atomic E-state index is 10.6. The van der Waals surface area contributed by atoms with E-state index in [1.54, 1.807) is 12.1 Å². The molecular weight excluding hydrogens is 233 g/mol. The number of para-hydroxylation sites is 1. The van der Waals surface area contributed by atoms with E-state index in [0.29, 0.717) is 0 Å². The molecule has 0 heterocycles. The maximum atomic E-state index is 10.6. The summed E-state index contributed by atoms with van der Waals surface area (Å²) in [6, 6.07) is 6.98. The van der Waals surface area contributed by atoms with Gasteiger partial charge in [0.25, 0.3) is 0 Å². The summed E-state index contributed by atoms with van der Waals surface area (Å²) < 4.78 is 0. The van der Waals surface area contributed by atoms with Crippen molar-refractivity contribution in [2.24, 2.45) is 0 Å². The van der Waals surface area contributed by atoms with Gasteiger partial charge in [0.05, 0.1) is 0 Å². The Kier molecular flexibility index (Phi) is 5.40. The molecule has 0 radical (unpaired) electrons. The number of hydrogen-bond acceptors (Lipinski definition) is 1. The minimum Gasteiger partial charge on any atom is -0.872 e. The van der Waals surface area contributed by atoms with Gasteiger partial charge >= 0.3 is 68.9 Å². The first-order valence-corrected chi connectivity index (χ1v) is 2.53. The van der Waals surface area contributed by atoms with Crippen LogP contribution in [0.15, 0.2) is 24.3 Å². The summed E-state index contributed by atoms with van der Waals surface area (Å²) in [4.78, 5) is 0.